The zero-order chi connectivity index (χ0) is 12.4. The van der Waals surface area contributed by atoms with E-state index in [0.717, 1.165) is 16.1 Å². The summed E-state index contributed by atoms with van der Waals surface area (Å²) in [5, 5.41) is 10.2. The van der Waals surface area contributed by atoms with Crippen LogP contribution in [0.4, 0.5) is 0 Å². The average Bonchev–Trinajstić information content (AvgIpc) is 2.75. The molecule has 1 aromatic carbocycles. The number of aliphatic hydroxyl groups excluding tert-OH is 1. The molecular formula is C14H17NOS. The standard InChI is InChI=1S/C14H17NOS/c1-9(2)11-4-6-12(7-5-11)14(16)13-8-10(3)15-17-13/h4-9,14,16H,1-3H3/t14-/m0/s1. The zero-order valence-electron chi connectivity index (χ0n) is 10.3. The van der Waals surface area contributed by atoms with Crippen molar-refractivity contribution in [1.82, 2.24) is 4.37 Å². The van der Waals surface area contributed by atoms with Gasteiger partial charge in [-0.25, -0.2) is 0 Å². The quantitative estimate of drug-likeness (QED) is 0.898. The monoisotopic (exact) mass is 247 g/mol. The van der Waals surface area contributed by atoms with Crippen LogP contribution in [0.25, 0.3) is 0 Å². The van der Waals surface area contributed by atoms with Crippen LogP contribution in [0, 0.1) is 6.92 Å². The van der Waals surface area contributed by atoms with Gasteiger partial charge >= 0.3 is 0 Å². The molecule has 90 valence electrons. The lowest BCUT2D eigenvalue weighted by Gasteiger charge is -2.10. The molecule has 17 heavy (non-hydrogen) atoms. The Morgan fingerprint density at radius 3 is 2.18 bits per heavy atom. The van der Waals surface area contributed by atoms with Crippen molar-refractivity contribution in [3.05, 3.63) is 52.0 Å². The van der Waals surface area contributed by atoms with Gasteiger partial charge in [-0.05, 0) is 41.6 Å². The van der Waals surface area contributed by atoms with E-state index in [2.05, 4.69) is 30.4 Å². The highest BCUT2D eigenvalue weighted by Gasteiger charge is 2.13. The van der Waals surface area contributed by atoms with Gasteiger partial charge in [-0.1, -0.05) is 38.1 Å². The highest BCUT2D eigenvalue weighted by atomic mass is 32.1. The molecule has 0 unspecified atom stereocenters. The van der Waals surface area contributed by atoms with Crippen LogP contribution in [0.5, 0.6) is 0 Å². The third kappa shape index (κ3) is 2.73. The van der Waals surface area contributed by atoms with E-state index < -0.39 is 6.10 Å². The number of nitrogens with zero attached hydrogens (tertiary/aromatic N) is 1. The van der Waals surface area contributed by atoms with Gasteiger partial charge in [0.05, 0.1) is 10.6 Å². The molecule has 2 rings (SSSR count). The molecule has 1 atom stereocenters. The Morgan fingerprint density at radius 1 is 1.12 bits per heavy atom. The highest BCUT2D eigenvalue weighted by molar-refractivity contribution is 7.05. The SMILES string of the molecule is Cc1cc([C@@H](O)c2ccc(C(C)C)cc2)sn1. The van der Waals surface area contributed by atoms with E-state index in [-0.39, 0.29) is 0 Å². The number of rotatable bonds is 3. The van der Waals surface area contributed by atoms with Crippen molar-refractivity contribution in [2.45, 2.75) is 32.8 Å². The molecule has 3 heteroatoms. The summed E-state index contributed by atoms with van der Waals surface area (Å²) in [5.74, 6) is 0.520. The maximum atomic E-state index is 10.2. The maximum absolute atomic E-state index is 10.2. The van der Waals surface area contributed by atoms with E-state index in [9.17, 15) is 5.11 Å². The molecule has 0 amide bonds. The van der Waals surface area contributed by atoms with Crippen molar-refractivity contribution in [2.24, 2.45) is 0 Å². The Kier molecular flexibility index (Phi) is 3.60. The van der Waals surface area contributed by atoms with Gasteiger partial charge in [0, 0.05) is 0 Å². The van der Waals surface area contributed by atoms with E-state index in [1.54, 1.807) is 0 Å². The first-order chi connectivity index (χ1) is 8.08. The Labute approximate surface area is 106 Å². The van der Waals surface area contributed by atoms with Crippen LogP contribution in [0.15, 0.2) is 30.3 Å². The molecule has 1 aromatic heterocycles. The first-order valence-electron chi connectivity index (χ1n) is 5.79. The van der Waals surface area contributed by atoms with Crippen LogP contribution in [-0.2, 0) is 0 Å². The van der Waals surface area contributed by atoms with Crippen LogP contribution in [0.3, 0.4) is 0 Å². The first kappa shape index (κ1) is 12.3. The van der Waals surface area contributed by atoms with Gasteiger partial charge < -0.3 is 5.11 Å². The molecule has 0 bridgehead atoms. The van der Waals surface area contributed by atoms with Crippen molar-refractivity contribution in [2.75, 3.05) is 0 Å². The molecule has 0 saturated carbocycles. The van der Waals surface area contributed by atoms with E-state index in [0.29, 0.717) is 5.92 Å². The topological polar surface area (TPSA) is 33.1 Å². The molecular weight excluding hydrogens is 230 g/mol. The molecule has 1 heterocycles. The molecule has 2 aromatic rings. The van der Waals surface area contributed by atoms with Crippen LogP contribution in [0.2, 0.25) is 0 Å². The summed E-state index contributed by atoms with van der Waals surface area (Å²) in [6.45, 7) is 6.27. The third-order valence-corrected chi connectivity index (χ3v) is 3.77. The van der Waals surface area contributed by atoms with Crippen LogP contribution in [-0.4, -0.2) is 9.48 Å². The molecule has 0 spiro atoms. The van der Waals surface area contributed by atoms with Gasteiger partial charge in [-0.15, -0.1) is 0 Å². The van der Waals surface area contributed by atoms with Crippen LogP contribution in [0.1, 0.15) is 47.6 Å². The Morgan fingerprint density at radius 2 is 1.71 bits per heavy atom. The predicted molar refractivity (Wildman–Crippen MR) is 71.4 cm³/mol. The van der Waals surface area contributed by atoms with Gasteiger partial charge in [0.15, 0.2) is 0 Å². The lowest BCUT2D eigenvalue weighted by Crippen LogP contribution is -1.97. The van der Waals surface area contributed by atoms with Crippen LogP contribution < -0.4 is 0 Å². The summed E-state index contributed by atoms with van der Waals surface area (Å²) in [5.41, 5.74) is 3.18. The van der Waals surface area contributed by atoms with E-state index in [4.69, 9.17) is 0 Å². The molecule has 0 fully saturated rings. The number of hydrogen-bond donors (Lipinski definition) is 1. The first-order valence-corrected chi connectivity index (χ1v) is 6.56. The van der Waals surface area contributed by atoms with Crippen molar-refractivity contribution in [1.29, 1.82) is 0 Å². The fraction of sp³-hybridized carbons (Fsp3) is 0.357. The fourth-order valence-electron chi connectivity index (χ4n) is 1.74. The molecule has 0 aliphatic rings. The molecule has 1 N–H and O–H groups in total. The minimum atomic E-state index is -0.553. The number of aryl methyl sites for hydroxylation is 1. The Balaban J connectivity index is 2.22. The van der Waals surface area contributed by atoms with Crippen molar-refractivity contribution in [3.63, 3.8) is 0 Å². The minimum absolute atomic E-state index is 0.520. The lowest BCUT2D eigenvalue weighted by molar-refractivity contribution is 0.224. The van der Waals surface area contributed by atoms with Gasteiger partial charge in [0.2, 0.25) is 0 Å². The summed E-state index contributed by atoms with van der Waals surface area (Å²) in [6, 6.07) is 10.1. The maximum Gasteiger partial charge on any atom is 0.115 e. The van der Waals surface area contributed by atoms with Crippen molar-refractivity contribution < 1.29 is 5.11 Å². The molecule has 0 saturated heterocycles. The van der Waals surface area contributed by atoms with E-state index >= 15 is 0 Å². The second-order valence-electron chi connectivity index (χ2n) is 4.59. The van der Waals surface area contributed by atoms with Crippen molar-refractivity contribution in [3.8, 4) is 0 Å². The average molecular weight is 247 g/mol. The molecule has 0 radical (unpaired) electrons. The van der Waals surface area contributed by atoms with E-state index in [1.807, 2.05) is 25.1 Å². The molecule has 0 aliphatic heterocycles. The predicted octanol–water partition coefficient (Wildman–Crippen LogP) is 3.66. The summed E-state index contributed by atoms with van der Waals surface area (Å²) < 4.78 is 4.19. The third-order valence-electron chi connectivity index (χ3n) is 2.83. The Hall–Kier alpha value is -1.19. The summed E-state index contributed by atoms with van der Waals surface area (Å²) in [6.07, 6.45) is -0.553. The zero-order valence-corrected chi connectivity index (χ0v) is 11.2. The smallest absolute Gasteiger partial charge is 0.115 e. The summed E-state index contributed by atoms with van der Waals surface area (Å²) in [7, 11) is 0. The summed E-state index contributed by atoms with van der Waals surface area (Å²) >= 11 is 1.36. The number of aromatic nitrogens is 1. The van der Waals surface area contributed by atoms with Gasteiger partial charge in [0.25, 0.3) is 0 Å². The Bertz CT molecular complexity index is 487. The van der Waals surface area contributed by atoms with Crippen molar-refractivity contribution >= 4 is 11.5 Å². The number of aliphatic hydroxyl groups is 1. The lowest BCUT2D eigenvalue weighted by atomic mass is 9.99. The highest BCUT2D eigenvalue weighted by Crippen LogP contribution is 2.26. The number of benzene rings is 1. The normalized spacial score (nSPS) is 13.0. The molecule has 0 aliphatic carbocycles. The van der Waals surface area contributed by atoms with Gasteiger partial charge in [0.1, 0.15) is 6.10 Å². The molecule has 2 nitrogen and oxygen atoms in total. The second kappa shape index (κ2) is 4.98. The summed E-state index contributed by atoms with van der Waals surface area (Å²) in [4.78, 5) is 0.903. The minimum Gasteiger partial charge on any atom is -0.383 e. The van der Waals surface area contributed by atoms with E-state index in [1.165, 1.54) is 17.1 Å². The number of hydrogen-bond acceptors (Lipinski definition) is 3. The van der Waals surface area contributed by atoms with Gasteiger partial charge in [-0.2, -0.15) is 4.37 Å². The van der Waals surface area contributed by atoms with Crippen LogP contribution >= 0.6 is 11.5 Å². The fourth-order valence-corrected chi connectivity index (χ4v) is 2.50. The second-order valence-corrected chi connectivity index (χ2v) is 5.43. The largest absolute Gasteiger partial charge is 0.383 e. The van der Waals surface area contributed by atoms with Gasteiger partial charge in [-0.3, -0.25) is 0 Å².